The highest BCUT2D eigenvalue weighted by molar-refractivity contribution is 5.98. The second kappa shape index (κ2) is 8.34. The molecule has 0 radical (unpaired) electrons. The highest BCUT2D eigenvalue weighted by Gasteiger charge is 2.26. The van der Waals surface area contributed by atoms with Crippen molar-refractivity contribution in [1.29, 1.82) is 0 Å². The number of benzene rings is 2. The first kappa shape index (κ1) is 20.1. The summed E-state index contributed by atoms with van der Waals surface area (Å²) in [5.41, 5.74) is 3.66. The Morgan fingerprint density at radius 2 is 1.88 bits per heavy atom. The number of hydrogen-bond acceptors (Lipinski definition) is 5. The van der Waals surface area contributed by atoms with Gasteiger partial charge in [0.1, 0.15) is 17.3 Å². The molecular weight excluding hydrogens is 402 g/mol. The summed E-state index contributed by atoms with van der Waals surface area (Å²) in [6.07, 6.45) is 1.87. The lowest BCUT2D eigenvalue weighted by Crippen LogP contribution is -2.50. The standard InChI is InChI=1S/C25H25N5O2/c1-17(2)32-20-8-9-22-21(15-20)25(28-27-22)18-10-11-26-23(14-18)29-12-13-30(24(31)16-29)19-6-4-3-5-7-19/h3-11,14-15,17H,12-13,16H2,1-2H3,(H,27,28). The van der Waals surface area contributed by atoms with Crippen LogP contribution in [0.25, 0.3) is 22.2 Å². The van der Waals surface area contributed by atoms with Crippen LogP contribution in [0.2, 0.25) is 0 Å². The van der Waals surface area contributed by atoms with Crippen LogP contribution in [-0.2, 0) is 4.79 Å². The van der Waals surface area contributed by atoms with Gasteiger partial charge in [0.25, 0.3) is 0 Å². The van der Waals surface area contributed by atoms with Crippen LogP contribution in [0.5, 0.6) is 5.75 Å². The van der Waals surface area contributed by atoms with Gasteiger partial charge in [0.15, 0.2) is 0 Å². The Kier molecular flexibility index (Phi) is 5.23. The first-order valence-corrected chi connectivity index (χ1v) is 10.8. The number of nitrogens with zero attached hydrogens (tertiary/aromatic N) is 4. The van der Waals surface area contributed by atoms with Crippen LogP contribution in [0.3, 0.4) is 0 Å². The Hall–Kier alpha value is -3.87. The molecule has 7 nitrogen and oxygen atoms in total. The zero-order valence-corrected chi connectivity index (χ0v) is 18.2. The van der Waals surface area contributed by atoms with Crippen LogP contribution in [0, 0.1) is 0 Å². The fraction of sp³-hybridized carbons (Fsp3) is 0.240. The summed E-state index contributed by atoms with van der Waals surface area (Å²) in [7, 11) is 0. The molecule has 3 heterocycles. The van der Waals surface area contributed by atoms with Crippen LogP contribution in [0.15, 0.2) is 66.9 Å². The quantitative estimate of drug-likeness (QED) is 0.515. The van der Waals surface area contributed by atoms with E-state index < -0.39 is 0 Å². The zero-order chi connectivity index (χ0) is 22.1. The average Bonchev–Trinajstić information content (AvgIpc) is 3.22. The molecule has 0 saturated carbocycles. The number of amides is 1. The van der Waals surface area contributed by atoms with Crippen molar-refractivity contribution < 1.29 is 9.53 Å². The lowest BCUT2D eigenvalue weighted by molar-refractivity contribution is -0.117. The maximum atomic E-state index is 12.8. The summed E-state index contributed by atoms with van der Waals surface area (Å²) < 4.78 is 5.86. The summed E-state index contributed by atoms with van der Waals surface area (Å²) in [6.45, 7) is 5.64. The van der Waals surface area contributed by atoms with Gasteiger partial charge < -0.3 is 14.5 Å². The number of ether oxygens (including phenoxy) is 1. The number of fused-ring (bicyclic) bond motifs is 1. The monoisotopic (exact) mass is 427 g/mol. The van der Waals surface area contributed by atoms with Crippen LogP contribution in [-0.4, -0.2) is 46.8 Å². The SMILES string of the molecule is CC(C)Oc1ccc2[nH]nc(-c3ccnc(N4CCN(c5ccccc5)C(=O)C4)c3)c2c1. The van der Waals surface area contributed by atoms with E-state index in [9.17, 15) is 4.79 Å². The highest BCUT2D eigenvalue weighted by atomic mass is 16.5. The average molecular weight is 428 g/mol. The Labute approximate surface area is 186 Å². The van der Waals surface area contributed by atoms with Crippen molar-refractivity contribution in [1.82, 2.24) is 15.2 Å². The van der Waals surface area contributed by atoms with E-state index in [0.29, 0.717) is 19.6 Å². The van der Waals surface area contributed by atoms with Gasteiger partial charge in [-0.3, -0.25) is 9.89 Å². The number of piperazine rings is 1. The second-order valence-electron chi connectivity index (χ2n) is 8.15. The van der Waals surface area contributed by atoms with Crippen molar-refractivity contribution in [2.45, 2.75) is 20.0 Å². The number of carbonyl (C=O) groups excluding carboxylic acids is 1. The molecule has 2 aromatic heterocycles. The molecule has 1 amide bonds. The van der Waals surface area contributed by atoms with Gasteiger partial charge in [-0.1, -0.05) is 18.2 Å². The second-order valence-corrected chi connectivity index (χ2v) is 8.15. The van der Waals surface area contributed by atoms with E-state index in [2.05, 4.69) is 15.2 Å². The van der Waals surface area contributed by atoms with E-state index in [-0.39, 0.29) is 12.0 Å². The molecule has 4 aromatic rings. The molecular formula is C25H25N5O2. The van der Waals surface area contributed by atoms with Crippen molar-refractivity contribution in [2.75, 3.05) is 29.4 Å². The van der Waals surface area contributed by atoms with Gasteiger partial charge in [-0.05, 0) is 56.3 Å². The van der Waals surface area contributed by atoms with Crippen LogP contribution < -0.4 is 14.5 Å². The van der Waals surface area contributed by atoms with Crippen LogP contribution >= 0.6 is 0 Å². The van der Waals surface area contributed by atoms with Gasteiger partial charge in [-0.2, -0.15) is 5.10 Å². The van der Waals surface area contributed by atoms with Crippen molar-refractivity contribution in [3.05, 3.63) is 66.9 Å². The molecule has 1 aliphatic rings. The predicted molar refractivity (Wildman–Crippen MR) is 126 cm³/mol. The Morgan fingerprint density at radius 1 is 1.03 bits per heavy atom. The number of para-hydroxylation sites is 1. The van der Waals surface area contributed by atoms with Gasteiger partial charge in [0.2, 0.25) is 5.91 Å². The molecule has 1 N–H and O–H groups in total. The van der Waals surface area contributed by atoms with Gasteiger partial charge in [-0.25, -0.2) is 4.98 Å². The van der Waals surface area contributed by atoms with E-state index in [0.717, 1.165) is 39.4 Å². The Balaban J connectivity index is 1.40. The number of aromatic amines is 1. The van der Waals surface area contributed by atoms with Gasteiger partial charge >= 0.3 is 0 Å². The third-order valence-electron chi connectivity index (χ3n) is 5.54. The fourth-order valence-corrected chi connectivity index (χ4v) is 4.05. The molecule has 0 spiro atoms. The van der Waals surface area contributed by atoms with E-state index in [4.69, 9.17) is 4.74 Å². The van der Waals surface area contributed by atoms with Gasteiger partial charge in [0.05, 0.1) is 18.2 Å². The minimum Gasteiger partial charge on any atom is -0.491 e. The minimum absolute atomic E-state index is 0.0651. The third-order valence-corrected chi connectivity index (χ3v) is 5.54. The molecule has 5 rings (SSSR count). The summed E-state index contributed by atoms with van der Waals surface area (Å²) >= 11 is 0. The molecule has 2 aromatic carbocycles. The largest absolute Gasteiger partial charge is 0.491 e. The number of rotatable bonds is 5. The molecule has 1 fully saturated rings. The predicted octanol–water partition coefficient (Wildman–Crippen LogP) is 4.27. The van der Waals surface area contributed by atoms with Crippen LogP contribution in [0.4, 0.5) is 11.5 Å². The molecule has 1 aliphatic heterocycles. The Bertz CT molecular complexity index is 1250. The zero-order valence-electron chi connectivity index (χ0n) is 18.2. The number of carbonyl (C=O) groups is 1. The number of aromatic nitrogens is 3. The third kappa shape index (κ3) is 3.89. The van der Waals surface area contributed by atoms with Crippen LogP contribution in [0.1, 0.15) is 13.8 Å². The van der Waals surface area contributed by atoms with Crippen molar-refractivity contribution in [3.63, 3.8) is 0 Å². The lowest BCUT2D eigenvalue weighted by atomic mass is 10.1. The molecule has 0 unspecified atom stereocenters. The van der Waals surface area contributed by atoms with Crippen molar-refractivity contribution in [2.24, 2.45) is 0 Å². The molecule has 0 aliphatic carbocycles. The molecule has 7 heteroatoms. The summed E-state index contributed by atoms with van der Waals surface area (Å²) in [4.78, 5) is 21.2. The van der Waals surface area contributed by atoms with Gasteiger partial charge in [-0.15, -0.1) is 0 Å². The number of pyridine rings is 1. The fourth-order valence-electron chi connectivity index (χ4n) is 4.05. The van der Waals surface area contributed by atoms with E-state index >= 15 is 0 Å². The van der Waals surface area contributed by atoms with E-state index in [1.165, 1.54) is 0 Å². The van der Waals surface area contributed by atoms with Crippen molar-refractivity contribution >= 4 is 28.3 Å². The highest BCUT2D eigenvalue weighted by Crippen LogP contribution is 2.31. The smallest absolute Gasteiger partial charge is 0.246 e. The molecule has 0 bridgehead atoms. The number of H-pyrrole nitrogens is 1. The number of anilines is 2. The molecule has 32 heavy (non-hydrogen) atoms. The Morgan fingerprint density at radius 3 is 2.66 bits per heavy atom. The first-order chi connectivity index (χ1) is 15.6. The molecule has 1 saturated heterocycles. The maximum absolute atomic E-state index is 12.8. The normalized spacial score (nSPS) is 14.4. The van der Waals surface area contributed by atoms with E-state index in [1.54, 1.807) is 6.20 Å². The summed E-state index contributed by atoms with van der Waals surface area (Å²) in [5.74, 6) is 1.65. The molecule has 162 valence electrons. The summed E-state index contributed by atoms with van der Waals surface area (Å²) in [5, 5.41) is 8.62. The molecule has 0 atom stereocenters. The van der Waals surface area contributed by atoms with Crippen molar-refractivity contribution in [3.8, 4) is 17.0 Å². The summed E-state index contributed by atoms with van der Waals surface area (Å²) in [6, 6.07) is 19.7. The van der Waals surface area contributed by atoms with Gasteiger partial charge in [0, 0.05) is 35.9 Å². The minimum atomic E-state index is 0.0651. The maximum Gasteiger partial charge on any atom is 0.246 e. The number of hydrogen-bond donors (Lipinski definition) is 1. The number of nitrogens with one attached hydrogen (secondary N) is 1. The van der Waals surface area contributed by atoms with E-state index in [1.807, 2.05) is 84.3 Å². The first-order valence-electron chi connectivity index (χ1n) is 10.8. The topological polar surface area (TPSA) is 74.3 Å². The lowest BCUT2D eigenvalue weighted by Gasteiger charge is -2.35.